The van der Waals surface area contributed by atoms with Crippen LogP contribution >= 0.6 is 15.9 Å². The molecule has 110 valence electrons. The minimum Gasteiger partial charge on any atom is -0.487 e. The smallest absolute Gasteiger partial charge is 0.311 e. The predicted molar refractivity (Wildman–Crippen MR) is 80.9 cm³/mol. The Balaban J connectivity index is 2.26. The largest absolute Gasteiger partial charge is 0.487 e. The van der Waals surface area contributed by atoms with Gasteiger partial charge >= 0.3 is 5.69 Å². The van der Waals surface area contributed by atoms with Gasteiger partial charge in [0.25, 0.3) is 0 Å². The molecule has 0 aliphatic rings. The average Bonchev–Trinajstić information content (AvgIpc) is 2.45. The Morgan fingerprint density at radius 1 is 1.29 bits per heavy atom. The van der Waals surface area contributed by atoms with Crippen molar-refractivity contribution in [2.75, 3.05) is 6.61 Å². The molecule has 0 bridgehead atoms. The van der Waals surface area contributed by atoms with Gasteiger partial charge in [-0.3, -0.25) is 15.1 Å². The Hall–Kier alpha value is -2.15. The molecule has 0 spiro atoms. The molecule has 7 heteroatoms. The van der Waals surface area contributed by atoms with Crippen LogP contribution in [0, 0.1) is 10.1 Å². The van der Waals surface area contributed by atoms with Gasteiger partial charge in [0.05, 0.1) is 17.7 Å². The zero-order valence-electron chi connectivity index (χ0n) is 11.3. The zero-order chi connectivity index (χ0) is 15.2. The summed E-state index contributed by atoms with van der Waals surface area (Å²) in [5.74, 6) is 1.17. The quantitative estimate of drug-likeness (QED) is 0.571. The molecule has 0 saturated heterocycles. The summed E-state index contributed by atoms with van der Waals surface area (Å²) in [5, 5.41) is 11.0. The number of nitrogens with zero attached hydrogens (tertiary/aromatic N) is 2. The second-order valence-corrected chi connectivity index (χ2v) is 5.09. The summed E-state index contributed by atoms with van der Waals surface area (Å²) in [4.78, 5) is 14.5. The minimum absolute atomic E-state index is 0.0804. The number of aromatic nitrogens is 1. The number of hydrogen-bond donors (Lipinski definition) is 0. The first kappa shape index (κ1) is 15.2. The molecule has 0 saturated carbocycles. The third kappa shape index (κ3) is 4.16. The first-order valence-corrected chi connectivity index (χ1v) is 7.09. The van der Waals surface area contributed by atoms with Gasteiger partial charge in [-0.25, -0.2) is 0 Å². The van der Waals surface area contributed by atoms with E-state index in [1.807, 2.05) is 6.92 Å². The molecule has 6 nitrogen and oxygen atoms in total. The van der Waals surface area contributed by atoms with Crippen molar-refractivity contribution in [2.45, 2.75) is 13.3 Å². The topological polar surface area (TPSA) is 74.5 Å². The second kappa shape index (κ2) is 7.03. The van der Waals surface area contributed by atoms with Gasteiger partial charge in [-0.15, -0.1) is 0 Å². The highest BCUT2D eigenvalue weighted by Crippen LogP contribution is 2.33. The number of nitro benzene ring substituents is 1. The van der Waals surface area contributed by atoms with Crippen molar-refractivity contribution in [2.24, 2.45) is 0 Å². The summed E-state index contributed by atoms with van der Waals surface area (Å²) >= 11 is 3.30. The van der Waals surface area contributed by atoms with Gasteiger partial charge in [0.1, 0.15) is 11.5 Å². The Kier molecular flexibility index (Phi) is 5.10. The fraction of sp³-hybridized carbons (Fsp3) is 0.214. The maximum atomic E-state index is 11.0. The Morgan fingerprint density at radius 2 is 2.10 bits per heavy atom. The van der Waals surface area contributed by atoms with E-state index in [2.05, 4.69) is 20.9 Å². The number of hydrogen-bond acceptors (Lipinski definition) is 5. The van der Waals surface area contributed by atoms with Gasteiger partial charge in [-0.1, -0.05) is 6.92 Å². The van der Waals surface area contributed by atoms with Crippen LogP contribution in [0.5, 0.6) is 17.2 Å². The average molecular weight is 353 g/mol. The summed E-state index contributed by atoms with van der Waals surface area (Å²) in [6, 6.07) is 6.15. The molecule has 1 aromatic carbocycles. The fourth-order valence-corrected chi connectivity index (χ4v) is 1.96. The molecule has 0 amide bonds. The summed E-state index contributed by atoms with van der Waals surface area (Å²) in [5.41, 5.74) is -0.0804. The lowest BCUT2D eigenvalue weighted by Gasteiger charge is -2.09. The highest BCUT2D eigenvalue weighted by atomic mass is 79.9. The van der Waals surface area contributed by atoms with E-state index in [0.717, 1.165) is 10.9 Å². The molecule has 0 aliphatic carbocycles. The van der Waals surface area contributed by atoms with E-state index in [9.17, 15) is 10.1 Å². The monoisotopic (exact) mass is 352 g/mol. The van der Waals surface area contributed by atoms with Crippen LogP contribution < -0.4 is 9.47 Å². The third-order valence-electron chi connectivity index (χ3n) is 2.51. The number of halogens is 1. The van der Waals surface area contributed by atoms with Crippen molar-refractivity contribution in [1.29, 1.82) is 0 Å². The van der Waals surface area contributed by atoms with Crippen LogP contribution in [0.15, 0.2) is 41.1 Å². The van der Waals surface area contributed by atoms with E-state index >= 15 is 0 Å². The number of ether oxygens (including phenoxy) is 2. The van der Waals surface area contributed by atoms with Gasteiger partial charge in [-0.2, -0.15) is 0 Å². The highest BCUT2D eigenvalue weighted by Gasteiger charge is 2.16. The van der Waals surface area contributed by atoms with E-state index in [1.54, 1.807) is 18.5 Å². The predicted octanol–water partition coefficient (Wildman–Crippen LogP) is 4.33. The molecule has 21 heavy (non-hydrogen) atoms. The molecule has 1 aromatic heterocycles. The van der Waals surface area contributed by atoms with Crippen LogP contribution in [-0.4, -0.2) is 16.5 Å². The molecule has 1 heterocycles. The highest BCUT2D eigenvalue weighted by molar-refractivity contribution is 9.10. The Labute approximate surface area is 130 Å². The summed E-state index contributed by atoms with van der Waals surface area (Å²) in [6.45, 7) is 2.34. The molecule has 0 fully saturated rings. The van der Waals surface area contributed by atoms with Gasteiger partial charge in [0.15, 0.2) is 0 Å². The first-order valence-electron chi connectivity index (χ1n) is 6.30. The maximum absolute atomic E-state index is 11.0. The number of rotatable bonds is 6. The van der Waals surface area contributed by atoms with Crippen molar-refractivity contribution < 1.29 is 14.4 Å². The van der Waals surface area contributed by atoms with E-state index < -0.39 is 4.92 Å². The third-order valence-corrected chi connectivity index (χ3v) is 2.94. The van der Waals surface area contributed by atoms with E-state index in [0.29, 0.717) is 18.1 Å². The molecule has 0 N–H and O–H groups in total. The van der Waals surface area contributed by atoms with Crippen LogP contribution in [0.3, 0.4) is 0 Å². The van der Waals surface area contributed by atoms with Gasteiger partial charge < -0.3 is 9.47 Å². The summed E-state index contributed by atoms with van der Waals surface area (Å²) < 4.78 is 11.8. The first-order chi connectivity index (χ1) is 10.1. The molecule has 0 radical (unpaired) electrons. The van der Waals surface area contributed by atoms with Crippen LogP contribution in [0.2, 0.25) is 0 Å². The van der Waals surface area contributed by atoms with Crippen LogP contribution in [0.4, 0.5) is 5.69 Å². The van der Waals surface area contributed by atoms with Crippen molar-refractivity contribution in [3.05, 3.63) is 51.2 Å². The number of benzene rings is 1. The van der Waals surface area contributed by atoms with Crippen molar-refractivity contribution in [1.82, 2.24) is 4.98 Å². The number of nitro groups is 1. The standard InChI is InChI=1S/C14H13BrN2O4/c1-2-5-20-14-7-11(3-4-13(14)17(18)19)21-12-6-10(15)8-16-9-12/h3-4,6-9H,2,5H2,1H3. The van der Waals surface area contributed by atoms with E-state index in [4.69, 9.17) is 9.47 Å². The molecule has 2 aromatic rings. The number of pyridine rings is 1. The lowest BCUT2D eigenvalue weighted by atomic mass is 10.2. The minimum atomic E-state index is -0.477. The van der Waals surface area contributed by atoms with Crippen LogP contribution in [0.1, 0.15) is 13.3 Å². The fourth-order valence-electron chi connectivity index (χ4n) is 1.62. The Bertz CT molecular complexity index is 649. The van der Waals surface area contributed by atoms with Crippen molar-refractivity contribution in [3.63, 3.8) is 0 Å². The Morgan fingerprint density at radius 3 is 2.76 bits per heavy atom. The summed E-state index contributed by atoms with van der Waals surface area (Å²) in [7, 11) is 0. The van der Waals surface area contributed by atoms with Crippen molar-refractivity contribution in [3.8, 4) is 17.2 Å². The van der Waals surface area contributed by atoms with Crippen molar-refractivity contribution >= 4 is 21.6 Å². The van der Waals surface area contributed by atoms with Crippen LogP contribution in [0.25, 0.3) is 0 Å². The second-order valence-electron chi connectivity index (χ2n) is 4.18. The molecular weight excluding hydrogens is 340 g/mol. The SMILES string of the molecule is CCCOc1cc(Oc2cncc(Br)c2)ccc1[N+](=O)[O-]. The molecule has 0 unspecified atom stereocenters. The normalized spacial score (nSPS) is 10.2. The zero-order valence-corrected chi connectivity index (χ0v) is 12.9. The van der Waals surface area contributed by atoms with Gasteiger partial charge in [0.2, 0.25) is 5.75 Å². The van der Waals surface area contributed by atoms with Gasteiger partial charge in [0, 0.05) is 22.8 Å². The van der Waals surface area contributed by atoms with Gasteiger partial charge in [-0.05, 0) is 34.5 Å². The summed E-state index contributed by atoms with van der Waals surface area (Å²) in [6.07, 6.45) is 3.95. The van der Waals surface area contributed by atoms with E-state index in [-0.39, 0.29) is 11.4 Å². The molecule has 0 atom stereocenters. The maximum Gasteiger partial charge on any atom is 0.311 e. The van der Waals surface area contributed by atoms with Crippen LogP contribution in [-0.2, 0) is 0 Å². The molecule has 2 rings (SSSR count). The lowest BCUT2D eigenvalue weighted by molar-refractivity contribution is -0.385. The molecular formula is C14H13BrN2O4. The lowest BCUT2D eigenvalue weighted by Crippen LogP contribution is -1.99. The van der Waals surface area contributed by atoms with E-state index in [1.165, 1.54) is 18.2 Å². The molecule has 0 aliphatic heterocycles.